The molecular formula is C112H100O31. The number of carbonyl (C=O) groups excluding carboxylic acids is 16. The van der Waals surface area contributed by atoms with Gasteiger partial charge in [-0.1, -0.05) is 156 Å². The fraction of sp³-hybridized carbons (Fsp3) is 0.188. The summed E-state index contributed by atoms with van der Waals surface area (Å²) in [4.78, 5) is 200. The number of aldehydes is 4. The molecule has 31 nitrogen and oxygen atoms in total. The van der Waals surface area contributed by atoms with Crippen LogP contribution < -0.4 is 33.8 Å². The zero-order chi connectivity index (χ0) is 105. The second kappa shape index (κ2) is 50.9. The molecule has 1 aromatic heterocycles. The molecule has 0 fully saturated rings. The average Bonchev–Trinajstić information content (AvgIpc) is 0.750. The van der Waals surface area contributed by atoms with E-state index < -0.39 is 28.8 Å². The molecule has 0 aliphatic carbocycles. The quantitative estimate of drug-likeness (QED) is 0.00870. The number of hydrogen-bond donors (Lipinski definition) is 7. The number of Topliss-reactive ketones (excluding diaryl/α,β-unsaturated/α-hetero) is 9. The smallest absolute Gasteiger partial charge is 0.200 e. The highest BCUT2D eigenvalue weighted by atomic mass is 16.5. The number of unbranched alkanes of at least 4 members (excludes halogenated alkanes) is 1. The molecule has 31 heteroatoms. The Hall–Kier alpha value is -18.0. The van der Waals surface area contributed by atoms with E-state index in [1.807, 2.05) is 6.92 Å². The molecule has 0 spiro atoms. The summed E-state index contributed by atoms with van der Waals surface area (Å²) in [5.74, 6) is -3.96. The lowest BCUT2D eigenvalue weighted by atomic mass is 9.93. The molecule has 6 aliphatic rings. The van der Waals surface area contributed by atoms with E-state index in [0.717, 1.165) is 18.6 Å². The van der Waals surface area contributed by atoms with E-state index in [2.05, 4.69) is 32.9 Å². The molecule has 8 aromatic carbocycles. The first-order valence-corrected chi connectivity index (χ1v) is 44.5. The maximum atomic E-state index is 12.5. The van der Waals surface area contributed by atoms with Gasteiger partial charge >= 0.3 is 0 Å². The number of carbonyl (C=O) groups is 16. The molecule has 6 aliphatic heterocycles. The first-order chi connectivity index (χ1) is 68.6. The van der Waals surface area contributed by atoms with Gasteiger partial charge in [-0.25, -0.2) is 0 Å². The Morgan fingerprint density at radius 2 is 0.727 bits per heavy atom. The zero-order valence-electron chi connectivity index (χ0n) is 78.8. The topological polar surface area (TPSA) is 500 Å². The van der Waals surface area contributed by atoms with Gasteiger partial charge in [-0.15, -0.1) is 0 Å². The van der Waals surface area contributed by atoms with E-state index in [4.69, 9.17) is 32.8 Å². The number of hydrogen-bond acceptors (Lipinski definition) is 31. The Morgan fingerprint density at radius 3 is 1.13 bits per heavy atom. The highest BCUT2D eigenvalue weighted by Gasteiger charge is 2.36. The van der Waals surface area contributed by atoms with Gasteiger partial charge in [0.05, 0.1) is 128 Å². The van der Waals surface area contributed by atoms with Crippen LogP contribution in [0, 0.1) is 6.92 Å². The van der Waals surface area contributed by atoms with Crippen molar-refractivity contribution in [3.8, 4) is 74.7 Å². The van der Waals surface area contributed by atoms with Crippen LogP contribution in [0.1, 0.15) is 286 Å². The number of phenolic OH excluding ortho intramolecular Hbond substituents is 7. The number of ether oxygens (including phenoxy) is 6. The molecule has 7 heterocycles. The summed E-state index contributed by atoms with van der Waals surface area (Å²) < 4.78 is 38.1. The van der Waals surface area contributed by atoms with Crippen molar-refractivity contribution in [1.29, 1.82) is 0 Å². The van der Waals surface area contributed by atoms with Crippen LogP contribution in [-0.2, 0) is 0 Å². The molecule has 0 radical (unpaired) electrons. The maximum Gasteiger partial charge on any atom is 0.200 e. The third kappa shape index (κ3) is 24.9. The van der Waals surface area contributed by atoms with Gasteiger partial charge in [0.2, 0.25) is 5.43 Å². The van der Waals surface area contributed by atoms with Crippen LogP contribution >= 0.6 is 0 Å². The van der Waals surface area contributed by atoms with Crippen LogP contribution in [0.15, 0.2) is 206 Å². The molecule has 143 heavy (non-hydrogen) atoms. The van der Waals surface area contributed by atoms with E-state index >= 15 is 0 Å². The van der Waals surface area contributed by atoms with Gasteiger partial charge in [0.1, 0.15) is 103 Å². The van der Waals surface area contributed by atoms with Crippen LogP contribution in [-0.4, -0.2) is 170 Å². The monoisotopic (exact) mass is 1940 g/mol. The predicted molar refractivity (Wildman–Crippen MR) is 535 cm³/mol. The number of ketones is 12. The molecule has 0 unspecified atom stereocenters. The van der Waals surface area contributed by atoms with Crippen molar-refractivity contribution in [3.63, 3.8) is 0 Å². The minimum atomic E-state index is -0.603. The summed E-state index contributed by atoms with van der Waals surface area (Å²) in [7, 11) is 0. The third-order valence-electron chi connectivity index (χ3n) is 22.2. The van der Waals surface area contributed by atoms with E-state index in [-0.39, 0.29) is 283 Å². The average molecular weight is 1940 g/mol. The fourth-order valence-corrected chi connectivity index (χ4v) is 15.1. The van der Waals surface area contributed by atoms with Crippen LogP contribution in [0.2, 0.25) is 0 Å². The number of benzene rings is 8. The van der Waals surface area contributed by atoms with Crippen LogP contribution in [0.5, 0.6) is 74.7 Å². The molecule has 0 saturated carbocycles. The van der Waals surface area contributed by atoms with Crippen LogP contribution in [0.25, 0.3) is 46.2 Å². The standard InChI is InChI=1S/2C17H16O4.C16H10O5.C16H14O5.C16H14O4.C15H16O5.C15H14O4/c2*1-3-4-5-6-7-12-10-13-14(19)8-9-21-17(13)15(11(2)18)16(12)20;1-8-2-3-9-14(20)10-4-5-13(19)12(7-18)16(10)21-15(9)11(8)6-17;1-3-5-12(18)9-8-10-13(19)6-7-21-16(10)14(15(9)20)11(17)4-2;1-2-3-4-5-6-12-15(19)11(10-17)9-13-14(18)7-8-20-16(12)13;1-2-3-4-12(18)13-14(19)9(8-16)7-10-11(17)5-6-20-15(10)13;1-3-5-9-14(18)10(12(16)4-2)8-11-13(17)6-7-19-15(9)11/h2*3-7,10,20H,1,8-9H2,2H3;2-7,19H,1H3;3-5,8,20H,2,6-7H2,1H3;2-6,9-10,19H,1,7-8H2;7-8,19H,2-6H2,1H3;3-5,8,18H,2,6-7H2,1H3/b2*5-4+,7-6+;;5-3+;4-3+,6-5+;;5-3+. The molecule has 734 valence electrons. The molecule has 0 atom stereocenters. The van der Waals surface area contributed by atoms with Crippen molar-refractivity contribution < 1.29 is 145 Å². The maximum absolute atomic E-state index is 12.5. The van der Waals surface area contributed by atoms with Crippen molar-refractivity contribution in [3.05, 3.63) is 324 Å². The lowest BCUT2D eigenvalue weighted by molar-refractivity contribution is 0.0913. The first kappa shape index (κ1) is 109. The lowest BCUT2D eigenvalue weighted by Gasteiger charge is -2.20. The summed E-state index contributed by atoms with van der Waals surface area (Å²) in [6, 6.07) is 14.3. The Kier molecular flexibility index (Phi) is 38.6. The lowest BCUT2D eigenvalue weighted by Crippen LogP contribution is -2.19. The molecule has 0 bridgehead atoms. The molecule has 7 N–H and O–H groups in total. The number of fused-ring (bicyclic) bond motifs is 8. The summed E-state index contributed by atoms with van der Waals surface area (Å²) in [5, 5.41) is 71.1. The zero-order valence-corrected chi connectivity index (χ0v) is 78.8. The minimum Gasteiger partial charge on any atom is -0.507 e. The number of phenols is 7. The largest absolute Gasteiger partial charge is 0.507 e. The van der Waals surface area contributed by atoms with Gasteiger partial charge in [-0.2, -0.15) is 0 Å². The van der Waals surface area contributed by atoms with Crippen molar-refractivity contribution in [1.82, 2.24) is 0 Å². The fourth-order valence-electron chi connectivity index (χ4n) is 15.1. The highest BCUT2D eigenvalue weighted by molar-refractivity contribution is 6.19. The van der Waals surface area contributed by atoms with Crippen molar-refractivity contribution in [2.24, 2.45) is 0 Å². The first-order valence-electron chi connectivity index (χ1n) is 44.5. The molecule has 9 aromatic rings. The second-order valence-corrected chi connectivity index (χ2v) is 31.6. The Labute approximate surface area is 819 Å². The Bertz CT molecular complexity index is 6920. The van der Waals surface area contributed by atoms with Crippen LogP contribution in [0.3, 0.4) is 0 Å². The summed E-state index contributed by atoms with van der Waals surface area (Å²) in [6.45, 7) is 28.5. The second-order valence-electron chi connectivity index (χ2n) is 31.6. The summed E-state index contributed by atoms with van der Waals surface area (Å²) in [6.07, 6.45) is 38.5. The number of aryl methyl sites for hydroxylation is 1. The molecule has 0 amide bonds. The number of allylic oxidation sites excluding steroid dienone is 17. The summed E-state index contributed by atoms with van der Waals surface area (Å²) in [5.41, 5.74) is 3.67. The molecule has 15 rings (SSSR count). The Balaban J connectivity index is 0.000000186. The number of aromatic hydroxyl groups is 7. The van der Waals surface area contributed by atoms with E-state index in [0.29, 0.717) is 93.1 Å². The van der Waals surface area contributed by atoms with E-state index in [1.54, 1.807) is 148 Å². The van der Waals surface area contributed by atoms with Gasteiger partial charge in [0, 0.05) is 56.1 Å². The SMILES string of the molecule is C=C/C=C/C=C/c1c(O)c(C=O)cc2c1OCCC2=O.C=C/C=C/C=C/c1cc2c(c(C(C)=O)c1O)OCCC2=O.C=C/C=C/C=C/c1cc2c(c(C(C)=O)c1O)OCCC2=O.C=CC(=O)c1c(O)c(C(=O)/C=C/C)cc2c1OCCC2=O.C=CC(=O)c1cc2c(c(/C=C/C)c1O)OCCC2=O.CCCCC(=O)c1c(O)c(C=O)cc2c1OCCC2=O.Cc1ccc2c(=O)c3ccc(O)c(C=O)c3oc2c1C=O. The predicted octanol–water partition coefficient (Wildman–Crippen LogP) is 19.9. The van der Waals surface area contributed by atoms with Crippen molar-refractivity contribution in [2.45, 2.75) is 99.3 Å². The molecule has 0 saturated heterocycles. The van der Waals surface area contributed by atoms with Gasteiger partial charge in [-0.3, -0.25) is 81.5 Å². The normalized spacial score (nSPS) is 13.6. The van der Waals surface area contributed by atoms with Gasteiger partial charge in [0.15, 0.2) is 100 Å². The Morgan fingerprint density at radius 1 is 0.364 bits per heavy atom. The molecular weight excluding hydrogens is 1840 g/mol. The van der Waals surface area contributed by atoms with Gasteiger partial charge < -0.3 is 68.6 Å². The van der Waals surface area contributed by atoms with E-state index in [1.165, 1.54) is 62.4 Å². The van der Waals surface area contributed by atoms with Gasteiger partial charge in [-0.05, 0) is 126 Å². The highest BCUT2D eigenvalue weighted by Crippen LogP contribution is 2.46. The number of rotatable bonds is 26. The van der Waals surface area contributed by atoms with Crippen molar-refractivity contribution >= 4 is 141 Å². The minimum absolute atomic E-state index is 0.0174. The van der Waals surface area contributed by atoms with E-state index in [9.17, 15) is 117 Å². The third-order valence-corrected chi connectivity index (χ3v) is 22.2. The van der Waals surface area contributed by atoms with Crippen LogP contribution in [0.4, 0.5) is 0 Å². The van der Waals surface area contributed by atoms with Crippen molar-refractivity contribution in [2.75, 3.05) is 39.6 Å². The summed E-state index contributed by atoms with van der Waals surface area (Å²) >= 11 is 0. The van der Waals surface area contributed by atoms with Gasteiger partial charge in [0.25, 0.3) is 0 Å².